The highest BCUT2D eigenvalue weighted by Crippen LogP contribution is 2.18. The SMILES string of the molecule is CNCc1[nH]nc(C(=O)O)c1Br. The summed E-state index contributed by atoms with van der Waals surface area (Å²) in [7, 11) is 1.77. The summed E-state index contributed by atoms with van der Waals surface area (Å²) in [5, 5.41) is 17.7. The Hall–Kier alpha value is -0.880. The van der Waals surface area contributed by atoms with Crippen LogP contribution >= 0.6 is 15.9 Å². The summed E-state index contributed by atoms with van der Waals surface area (Å²) < 4.78 is 0.504. The first kappa shape index (κ1) is 9.21. The third-order valence-corrected chi connectivity index (χ3v) is 2.19. The molecule has 1 aromatic heterocycles. The molecule has 0 aromatic carbocycles. The summed E-state index contributed by atoms with van der Waals surface area (Å²) in [4.78, 5) is 10.5. The molecule has 1 rings (SSSR count). The molecular formula is C6H8BrN3O2. The number of aromatic carboxylic acids is 1. The van der Waals surface area contributed by atoms with Gasteiger partial charge in [0.15, 0.2) is 5.69 Å². The van der Waals surface area contributed by atoms with E-state index >= 15 is 0 Å². The van der Waals surface area contributed by atoms with E-state index in [-0.39, 0.29) is 5.69 Å². The smallest absolute Gasteiger partial charge is 0.357 e. The van der Waals surface area contributed by atoms with Gasteiger partial charge in [0.05, 0.1) is 10.2 Å². The van der Waals surface area contributed by atoms with Gasteiger partial charge < -0.3 is 10.4 Å². The zero-order valence-corrected chi connectivity index (χ0v) is 7.97. The number of nitrogens with one attached hydrogen (secondary N) is 2. The molecule has 12 heavy (non-hydrogen) atoms. The third-order valence-electron chi connectivity index (χ3n) is 1.33. The number of nitrogens with zero attached hydrogens (tertiary/aromatic N) is 1. The lowest BCUT2D eigenvalue weighted by molar-refractivity contribution is 0.0689. The van der Waals surface area contributed by atoms with Crippen molar-refractivity contribution in [2.75, 3.05) is 7.05 Å². The lowest BCUT2D eigenvalue weighted by Gasteiger charge is -1.94. The Kier molecular flexibility index (Phi) is 2.83. The van der Waals surface area contributed by atoms with Gasteiger partial charge in [-0.25, -0.2) is 4.79 Å². The van der Waals surface area contributed by atoms with E-state index in [4.69, 9.17) is 5.11 Å². The van der Waals surface area contributed by atoms with Gasteiger partial charge in [-0.3, -0.25) is 5.10 Å². The summed E-state index contributed by atoms with van der Waals surface area (Å²) in [6.07, 6.45) is 0. The molecule has 1 aromatic rings. The van der Waals surface area contributed by atoms with Crippen molar-refractivity contribution in [1.82, 2.24) is 15.5 Å². The van der Waals surface area contributed by atoms with E-state index in [1.165, 1.54) is 0 Å². The predicted octanol–water partition coefficient (Wildman–Crippen LogP) is 0.590. The van der Waals surface area contributed by atoms with Gasteiger partial charge in [0.25, 0.3) is 0 Å². The Morgan fingerprint density at radius 2 is 2.50 bits per heavy atom. The van der Waals surface area contributed by atoms with E-state index < -0.39 is 5.97 Å². The van der Waals surface area contributed by atoms with Crippen LogP contribution in [0.4, 0.5) is 0 Å². The second-order valence-electron chi connectivity index (χ2n) is 2.20. The molecule has 66 valence electrons. The molecular weight excluding hydrogens is 226 g/mol. The number of aromatic amines is 1. The Morgan fingerprint density at radius 1 is 1.83 bits per heavy atom. The number of aromatic nitrogens is 2. The van der Waals surface area contributed by atoms with E-state index in [0.29, 0.717) is 11.0 Å². The van der Waals surface area contributed by atoms with Crippen molar-refractivity contribution in [3.05, 3.63) is 15.9 Å². The average molecular weight is 234 g/mol. The molecule has 0 fully saturated rings. The van der Waals surface area contributed by atoms with Crippen molar-refractivity contribution in [2.45, 2.75) is 6.54 Å². The van der Waals surface area contributed by atoms with Gasteiger partial charge in [0, 0.05) is 6.54 Å². The van der Waals surface area contributed by atoms with Crippen molar-refractivity contribution in [3.8, 4) is 0 Å². The fourth-order valence-electron chi connectivity index (χ4n) is 0.800. The molecule has 5 nitrogen and oxygen atoms in total. The van der Waals surface area contributed by atoms with Crippen LogP contribution in [0.5, 0.6) is 0 Å². The second-order valence-corrected chi connectivity index (χ2v) is 2.99. The number of halogens is 1. The zero-order chi connectivity index (χ0) is 9.14. The van der Waals surface area contributed by atoms with Crippen LogP contribution in [-0.2, 0) is 6.54 Å². The maximum absolute atomic E-state index is 10.5. The third kappa shape index (κ3) is 1.64. The number of carbonyl (C=O) groups is 1. The van der Waals surface area contributed by atoms with Crippen molar-refractivity contribution in [3.63, 3.8) is 0 Å². The van der Waals surface area contributed by atoms with Crippen molar-refractivity contribution in [2.24, 2.45) is 0 Å². The molecule has 0 bridgehead atoms. The van der Waals surface area contributed by atoms with Crippen LogP contribution in [0.25, 0.3) is 0 Å². The van der Waals surface area contributed by atoms with Gasteiger partial charge >= 0.3 is 5.97 Å². The van der Waals surface area contributed by atoms with Crippen molar-refractivity contribution >= 4 is 21.9 Å². The molecule has 0 aliphatic rings. The number of H-pyrrole nitrogens is 1. The first-order valence-electron chi connectivity index (χ1n) is 3.27. The molecule has 0 radical (unpaired) electrons. The summed E-state index contributed by atoms with van der Waals surface area (Å²) in [5.74, 6) is -1.04. The molecule has 3 N–H and O–H groups in total. The highest BCUT2D eigenvalue weighted by atomic mass is 79.9. The molecule has 0 amide bonds. The fourth-order valence-corrected chi connectivity index (χ4v) is 1.29. The lowest BCUT2D eigenvalue weighted by atomic mass is 10.3. The maximum atomic E-state index is 10.5. The second kappa shape index (κ2) is 3.68. The Morgan fingerprint density at radius 3 is 2.92 bits per heavy atom. The summed E-state index contributed by atoms with van der Waals surface area (Å²) in [6, 6.07) is 0. The number of hydrogen-bond donors (Lipinski definition) is 3. The number of carboxylic acid groups (broad SMARTS) is 1. The standard InChI is InChI=1S/C6H8BrN3O2/c1-8-2-3-4(7)5(6(11)12)10-9-3/h8H,2H2,1H3,(H,9,10)(H,11,12). The summed E-state index contributed by atoms with van der Waals surface area (Å²) in [6.45, 7) is 0.556. The topological polar surface area (TPSA) is 78.0 Å². The van der Waals surface area contributed by atoms with Gasteiger partial charge in [-0.05, 0) is 23.0 Å². The van der Waals surface area contributed by atoms with Gasteiger partial charge in [0.1, 0.15) is 0 Å². The minimum atomic E-state index is -1.04. The molecule has 0 aliphatic heterocycles. The quantitative estimate of drug-likeness (QED) is 0.715. The van der Waals surface area contributed by atoms with Crippen LogP contribution < -0.4 is 5.32 Å². The first-order valence-corrected chi connectivity index (χ1v) is 4.06. The lowest BCUT2D eigenvalue weighted by Crippen LogP contribution is -2.06. The maximum Gasteiger partial charge on any atom is 0.357 e. The molecule has 0 spiro atoms. The minimum absolute atomic E-state index is 0.0141. The Balaban J connectivity index is 2.96. The summed E-state index contributed by atoms with van der Waals surface area (Å²) in [5.41, 5.74) is 0.746. The fraction of sp³-hybridized carbons (Fsp3) is 0.333. The first-order chi connectivity index (χ1) is 5.66. The highest BCUT2D eigenvalue weighted by Gasteiger charge is 2.15. The van der Waals surface area contributed by atoms with Gasteiger partial charge in [-0.15, -0.1) is 0 Å². The van der Waals surface area contributed by atoms with E-state index in [1.807, 2.05) is 0 Å². The average Bonchev–Trinajstić information content (AvgIpc) is 2.34. The minimum Gasteiger partial charge on any atom is -0.476 e. The molecule has 0 atom stereocenters. The normalized spacial score (nSPS) is 10.2. The van der Waals surface area contributed by atoms with E-state index in [9.17, 15) is 4.79 Å². The predicted molar refractivity (Wildman–Crippen MR) is 46.0 cm³/mol. The Bertz CT molecular complexity index is 297. The molecule has 6 heteroatoms. The van der Waals surface area contributed by atoms with Gasteiger partial charge in [0.2, 0.25) is 0 Å². The van der Waals surface area contributed by atoms with Crippen LogP contribution in [0.2, 0.25) is 0 Å². The van der Waals surface area contributed by atoms with Crippen LogP contribution in [0, 0.1) is 0 Å². The zero-order valence-electron chi connectivity index (χ0n) is 6.39. The van der Waals surface area contributed by atoms with Gasteiger partial charge in [-0.1, -0.05) is 0 Å². The molecule has 0 saturated heterocycles. The van der Waals surface area contributed by atoms with E-state index in [2.05, 4.69) is 31.4 Å². The van der Waals surface area contributed by atoms with E-state index in [0.717, 1.165) is 5.69 Å². The van der Waals surface area contributed by atoms with Gasteiger partial charge in [-0.2, -0.15) is 5.10 Å². The molecule has 0 saturated carbocycles. The molecule has 0 aliphatic carbocycles. The van der Waals surface area contributed by atoms with Crippen LogP contribution in [0.3, 0.4) is 0 Å². The number of carboxylic acids is 1. The van der Waals surface area contributed by atoms with Crippen LogP contribution in [0.15, 0.2) is 4.47 Å². The number of rotatable bonds is 3. The van der Waals surface area contributed by atoms with Crippen LogP contribution in [0.1, 0.15) is 16.2 Å². The van der Waals surface area contributed by atoms with Crippen molar-refractivity contribution in [1.29, 1.82) is 0 Å². The van der Waals surface area contributed by atoms with Crippen molar-refractivity contribution < 1.29 is 9.90 Å². The highest BCUT2D eigenvalue weighted by molar-refractivity contribution is 9.10. The van der Waals surface area contributed by atoms with Crippen LogP contribution in [-0.4, -0.2) is 28.3 Å². The largest absolute Gasteiger partial charge is 0.476 e. The Labute approximate surface area is 77.3 Å². The molecule has 1 heterocycles. The molecule has 0 unspecified atom stereocenters. The van der Waals surface area contributed by atoms with E-state index in [1.54, 1.807) is 7.05 Å². The monoisotopic (exact) mass is 233 g/mol. The number of hydrogen-bond acceptors (Lipinski definition) is 3. The summed E-state index contributed by atoms with van der Waals surface area (Å²) >= 11 is 3.14.